The maximum atomic E-state index is 12.0. The molecule has 3 rings (SSSR count). The van der Waals surface area contributed by atoms with Gasteiger partial charge in [-0.1, -0.05) is 18.2 Å². The van der Waals surface area contributed by atoms with E-state index in [0.717, 1.165) is 30.8 Å². The number of rotatable bonds is 2. The highest BCUT2D eigenvalue weighted by Gasteiger charge is 2.29. The van der Waals surface area contributed by atoms with Crippen molar-refractivity contribution in [1.29, 1.82) is 0 Å². The molecule has 2 atom stereocenters. The molecule has 0 radical (unpaired) electrons. The molecule has 0 aliphatic carbocycles. The Morgan fingerprint density at radius 2 is 2.29 bits per heavy atom. The van der Waals surface area contributed by atoms with Crippen molar-refractivity contribution in [3.63, 3.8) is 0 Å². The predicted molar refractivity (Wildman–Crippen MR) is 63.8 cm³/mol. The zero-order chi connectivity index (χ0) is 11.7. The number of hydrogen-bond acceptors (Lipinski definition) is 3. The van der Waals surface area contributed by atoms with Crippen molar-refractivity contribution in [2.75, 3.05) is 19.7 Å². The first-order chi connectivity index (χ1) is 8.34. The van der Waals surface area contributed by atoms with Crippen LogP contribution in [0.25, 0.3) is 0 Å². The number of carbonyl (C=O) groups excluding carboxylic acids is 1. The fourth-order valence-electron chi connectivity index (χ4n) is 2.45. The van der Waals surface area contributed by atoms with Gasteiger partial charge in [0.25, 0.3) is 0 Å². The molecule has 0 aromatic heterocycles. The van der Waals surface area contributed by atoms with Crippen LogP contribution >= 0.6 is 0 Å². The van der Waals surface area contributed by atoms with Gasteiger partial charge in [0.15, 0.2) is 0 Å². The molecule has 1 saturated heterocycles. The highest BCUT2D eigenvalue weighted by atomic mass is 16.5. The molecule has 2 N–H and O–H groups in total. The molecular weight excluding hydrogens is 216 g/mol. The molecule has 2 heterocycles. The summed E-state index contributed by atoms with van der Waals surface area (Å²) < 4.78 is 5.54. The van der Waals surface area contributed by atoms with Gasteiger partial charge in [-0.2, -0.15) is 0 Å². The third-order valence-electron chi connectivity index (χ3n) is 3.45. The van der Waals surface area contributed by atoms with E-state index < -0.39 is 0 Å². The highest BCUT2D eigenvalue weighted by molar-refractivity contribution is 5.80. The minimum absolute atomic E-state index is 0.0132. The normalized spacial score (nSPS) is 26.4. The van der Waals surface area contributed by atoms with Gasteiger partial charge in [0.05, 0.1) is 12.0 Å². The first-order valence-electron chi connectivity index (χ1n) is 6.07. The predicted octanol–water partition coefficient (Wildman–Crippen LogP) is 0.846. The number of ether oxygens (including phenoxy) is 1. The third-order valence-corrected chi connectivity index (χ3v) is 3.45. The Morgan fingerprint density at radius 1 is 1.41 bits per heavy atom. The van der Waals surface area contributed by atoms with E-state index in [1.54, 1.807) is 0 Å². The molecule has 2 aliphatic heterocycles. The van der Waals surface area contributed by atoms with Gasteiger partial charge in [-0.05, 0) is 19.0 Å². The number of para-hydroxylation sites is 1. The Kier molecular flexibility index (Phi) is 2.73. The number of fused-ring (bicyclic) bond motifs is 1. The molecule has 1 amide bonds. The maximum absolute atomic E-state index is 12.0. The Balaban J connectivity index is 1.68. The van der Waals surface area contributed by atoms with Crippen molar-refractivity contribution in [3.8, 4) is 5.75 Å². The van der Waals surface area contributed by atoms with E-state index in [1.165, 1.54) is 0 Å². The second kappa shape index (κ2) is 4.37. The molecule has 0 saturated carbocycles. The fraction of sp³-hybridized carbons (Fsp3) is 0.462. The lowest BCUT2D eigenvalue weighted by atomic mass is 10.1. The molecule has 4 heteroatoms. The Hall–Kier alpha value is -1.55. The lowest BCUT2D eigenvalue weighted by Gasteiger charge is -2.14. The third kappa shape index (κ3) is 2.00. The van der Waals surface area contributed by atoms with E-state index in [4.69, 9.17) is 4.74 Å². The minimum Gasteiger partial charge on any atom is -0.491 e. The molecule has 17 heavy (non-hydrogen) atoms. The second-order valence-corrected chi connectivity index (χ2v) is 4.60. The molecule has 0 bridgehead atoms. The zero-order valence-electron chi connectivity index (χ0n) is 9.61. The van der Waals surface area contributed by atoms with Crippen LogP contribution < -0.4 is 15.4 Å². The number of amides is 1. The van der Waals surface area contributed by atoms with Crippen molar-refractivity contribution in [1.82, 2.24) is 10.6 Å². The monoisotopic (exact) mass is 232 g/mol. The smallest absolute Gasteiger partial charge is 0.225 e. The van der Waals surface area contributed by atoms with Crippen molar-refractivity contribution >= 4 is 5.91 Å². The van der Waals surface area contributed by atoms with Gasteiger partial charge in [0, 0.05) is 12.1 Å². The number of hydrogen-bond donors (Lipinski definition) is 2. The molecule has 1 fully saturated rings. The van der Waals surface area contributed by atoms with Crippen molar-refractivity contribution in [2.45, 2.75) is 12.5 Å². The average molecular weight is 232 g/mol. The van der Waals surface area contributed by atoms with E-state index in [0.29, 0.717) is 6.61 Å². The maximum Gasteiger partial charge on any atom is 0.225 e. The van der Waals surface area contributed by atoms with Crippen molar-refractivity contribution in [3.05, 3.63) is 29.8 Å². The van der Waals surface area contributed by atoms with Gasteiger partial charge in [-0.3, -0.25) is 4.79 Å². The first kappa shape index (κ1) is 10.6. The molecule has 1 aromatic rings. The summed E-state index contributed by atoms with van der Waals surface area (Å²) in [5.74, 6) is 1.14. The molecule has 0 spiro atoms. The molecular formula is C13H16N2O2. The average Bonchev–Trinajstić information content (AvgIpc) is 2.98. The van der Waals surface area contributed by atoms with Crippen LogP contribution in [0.15, 0.2) is 24.3 Å². The van der Waals surface area contributed by atoms with Gasteiger partial charge in [0.1, 0.15) is 12.4 Å². The summed E-state index contributed by atoms with van der Waals surface area (Å²) in [6.07, 6.45) is 0.932. The van der Waals surface area contributed by atoms with Crippen molar-refractivity contribution < 1.29 is 9.53 Å². The van der Waals surface area contributed by atoms with Gasteiger partial charge < -0.3 is 15.4 Å². The Bertz CT molecular complexity index is 427. The fourth-order valence-corrected chi connectivity index (χ4v) is 2.45. The zero-order valence-corrected chi connectivity index (χ0v) is 9.61. The summed E-state index contributed by atoms with van der Waals surface area (Å²) >= 11 is 0. The summed E-state index contributed by atoms with van der Waals surface area (Å²) in [4.78, 5) is 12.0. The number of carbonyl (C=O) groups is 1. The van der Waals surface area contributed by atoms with Gasteiger partial charge in [-0.15, -0.1) is 0 Å². The van der Waals surface area contributed by atoms with Crippen LogP contribution in [0.4, 0.5) is 0 Å². The molecule has 2 aliphatic rings. The molecule has 90 valence electrons. The first-order valence-corrected chi connectivity index (χ1v) is 6.07. The summed E-state index contributed by atoms with van der Waals surface area (Å²) in [7, 11) is 0. The minimum atomic E-state index is 0.0132. The second-order valence-electron chi connectivity index (χ2n) is 4.60. The van der Waals surface area contributed by atoms with Crippen LogP contribution in [0.3, 0.4) is 0 Å². The quantitative estimate of drug-likeness (QED) is 0.794. The largest absolute Gasteiger partial charge is 0.491 e. The van der Waals surface area contributed by atoms with Crippen LogP contribution in [-0.2, 0) is 4.79 Å². The van der Waals surface area contributed by atoms with Crippen LogP contribution in [0.2, 0.25) is 0 Å². The van der Waals surface area contributed by atoms with E-state index in [-0.39, 0.29) is 17.9 Å². The SMILES string of the molecule is O=C(NC1COc2ccccc21)C1CCNC1. The van der Waals surface area contributed by atoms with E-state index in [2.05, 4.69) is 10.6 Å². The Morgan fingerprint density at radius 3 is 3.12 bits per heavy atom. The van der Waals surface area contributed by atoms with Crippen LogP contribution in [0, 0.1) is 5.92 Å². The topological polar surface area (TPSA) is 50.4 Å². The standard InChI is InChI=1S/C13H16N2O2/c16-13(9-5-6-14-7-9)15-11-8-17-12-4-2-1-3-10(11)12/h1-4,9,11,14H,5-8H2,(H,15,16). The van der Waals surface area contributed by atoms with Crippen LogP contribution in [-0.4, -0.2) is 25.6 Å². The van der Waals surface area contributed by atoms with E-state index in [1.807, 2.05) is 24.3 Å². The summed E-state index contributed by atoms with van der Waals surface area (Å²) in [6, 6.07) is 7.89. The van der Waals surface area contributed by atoms with Crippen LogP contribution in [0.1, 0.15) is 18.0 Å². The van der Waals surface area contributed by atoms with E-state index >= 15 is 0 Å². The van der Waals surface area contributed by atoms with Crippen LogP contribution in [0.5, 0.6) is 5.75 Å². The summed E-state index contributed by atoms with van der Waals surface area (Å²) in [5.41, 5.74) is 1.09. The summed E-state index contributed by atoms with van der Waals surface area (Å²) in [5, 5.41) is 6.28. The number of nitrogens with one attached hydrogen (secondary N) is 2. The number of benzene rings is 1. The van der Waals surface area contributed by atoms with Gasteiger partial charge in [-0.25, -0.2) is 0 Å². The summed E-state index contributed by atoms with van der Waals surface area (Å²) in [6.45, 7) is 2.28. The molecule has 2 unspecified atom stereocenters. The molecule has 1 aromatic carbocycles. The van der Waals surface area contributed by atoms with Gasteiger partial charge in [0.2, 0.25) is 5.91 Å². The lowest BCUT2D eigenvalue weighted by Crippen LogP contribution is -2.35. The lowest BCUT2D eigenvalue weighted by molar-refractivity contribution is -0.125. The van der Waals surface area contributed by atoms with Gasteiger partial charge >= 0.3 is 0 Å². The molecule has 4 nitrogen and oxygen atoms in total. The highest BCUT2D eigenvalue weighted by Crippen LogP contribution is 2.31. The van der Waals surface area contributed by atoms with E-state index in [9.17, 15) is 4.79 Å². The Labute approximate surface area is 100 Å². The van der Waals surface area contributed by atoms with Crippen molar-refractivity contribution in [2.24, 2.45) is 5.92 Å².